The van der Waals surface area contributed by atoms with Crippen LogP contribution in [-0.2, 0) is 7.05 Å². The zero-order chi connectivity index (χ0) is 12.5. The largest absolute Gasteiger partial charge is 0.384 e. The molecule has 0 amide bonds. The number of aromatic nitrogens is 5. The van der Waals surface area contributed by atoms with Gasteiger partial charge in [-0.2, -0.15) is 4.98 Å². The molecule has 3 aromatic rings. The monoisotopic (exact) mass is 242 g/mol. The van der Waals surface area contributed by atoms with Crippen LogP contribution in [0.1, 0.15) is 0 Å². The fourth-order valence-electron chi connectivity index (χ4n) is 1.54. The first-order valence-corrected chi connectivity index (χ1v) is 5.27. The summed E-state index contributed by atoms with van der Waals surface area (Å²) in [7, 11) is 1.86. The van der Waals surface area contributed by atoms with E-state index in [0.29, 0.717) is 23.4 Å². The molecule has 0 saturated heterocycles. The molecule has 90 valence electrons. The highest BCUT2D eigenvalue weighted by molar-refractivity contribution is 5.56. The van der Waals surface area contributed by atoms with Crippen LogP contribution in [0.4, 0.5) is 5.82 Å². The van der Waals surface area contributed by atoms with Gasteiger partial charge in [0.05, 0.1) is 5.56 Å². The molecule has 7 heteroatoms. The van der Waals surface area contributed by atoms with Crippen LogP contribution in [0.5, 0.6) is 0 Å². The van der Waals surface area contributed by atoms with Crippen LogP contribution in [0, 0.1) is 0 Å². The third-order valence-electron chi connectivity index (χ3n) is 2.48. The van der Waals surface area contributed by atoms with Crippen molar-refractivity contribution in [1.82, 2.24) is 24.7 Å². The van der Waals surface area contributed by atoms with Crippen molar-refractivity contribution in [2.24, 2.45) is 7.05 Å². The molecule has 0 atom stereocenters. The first-order valence-electron chi connectivity index (χ1n) is 5.27. The summed E-state index contributed by atoms with van der Waals surface area (Å²) in [5.74, 6) is 1.92. The number of aryl methyl sites for hydroxylation is 1. The Morgan fingerprint density at radius 1 is 1.28 bits per heavy atom. The molecule has 0 unspecified atom stereocenters. The van der Waals surface area contributed by atoms with Gasteiger partial charge in [0.15, 0.2) is 5.82 Å². The van der Waals surface area contributed by atoms with E-state index < -0.39 is 0 Å². The zero-order valence-corrected chi connectivity index (χ0v) is 9.61. The maximum Gasteiger partial charge on any atom is 0.259 e. The highest BCUT2D eigenvalue weighted by Crippen LogP contribution is 2.20. The summed E-state index contributed by atoms with van der Waals surface area (Å²) < 4.78 is 6.99. The van der Waals surface area contributed by atoms with Crippen molar-refractivity contribution >= 4 is 5.82 Å². The van der Waals surface area contributed by atoms with E-state index in [9.17, 15) is 0 Å². The smallest absolute Gasteiger partial charge is 0.259 e. The lowest BCUT2D eigenvalue weighted by atomic mass is 10.3. The lowest BCUT2D eigenvalue weighted by Crippen LogP contribution is -1.93. The number of nitrogens with zero attached hydrogens (tertiary/aromatic N) is 5. The summed E-state index contributed by atoms with van der Waals surface area (Å²) in [4.78, 5) is 12.4. The molecule has 3 heterocycles. The Kier molecular flexibility index (Phi) is 2.30. The van der Waals surface area contributed by atoms with E-state index in [-0.39, 0.29) is 0 Å². The topological polar surface area (TPSA) is 95.7 Å². The maximum absolute atomic E-state index is 5.52. The molecule has 0 bridgehead atoms. The molecule has 7 nitrogen and oxygen atoms in total. The van der Waals surface area contributed by atoms with Crippen molar-refractivity contribution in [3.8, 4) is 23.1 Å². The van der Waals surface area contributed by atoms with E-state index in [2.05, 4.69) is 20.1 Å². The molecule has 3 rings (SSSR count). The van der Waals surface area contributed by atoms with Gasteiger partial charge < -0.3 is 14.8 Å². The lowest BCUT2D eigenvalue weighted by Gasteiger charge is -1.94. The third kappa shape index (κ3) is 1.71. The number of rotatable bonds is 2. The molecule has 0 aliphatic rings. The number of anilines is 1. The van der Waals surface area contributed by atoms with Crippen LogP contribution in [-0.4, -0.2) is 24.7 Å². The van der Waals surface area contributed by atoms with Gasteiger partial charge in [-0.15, -0.1) is 0 Å². The van der Waals surface area contributed by atoms with Gasteiger partial charge in [-0.25, -0.2) is 9.97 Å². The molecule has 0 fully saturated rings. The van der Waals surface area contributed by atoms with Crippen LogP contribution in [0.25, 0.3) is 23.1 Å². The summed E-state index contributed by atoms with van der Waals surface area (Å²) in [6, 6.07) is 3.46. The van der Waals surface area contributed by atoms with Gasteiger partial charge >= 0.3 is 0 Å². The van der Waals surface area contributed by atoms with Gasteiger partial charge in [-0.3, -0.25) is 0 Å². The van der Waals surface area contributed by atoms with Crippen LogP contribution in [0.2, 0.25) is 0 Å². The number of hydrogen-bond acceptors (Lipinski definition) is 6. The number of nitrogens with two attached hydrogens (primary N) is 1. The lowest BCUT2D eigenvalue weighted by molar-refractivity contribution is 0.431. The standard InChI is InChI=1S/C11H10N6O/c1-17-5-4-13-10(17)9-15-11(18-16-9)7-2-3-8(12)14-6-7/h2-6H,1H3,(H2,12,14). The van der Waals surface area contributed by atoms with Crippen LogP contribution < -0.4 is 5.73 Å². The van der Waals surface area contributed by atoms with E-state index in [1.54, 1.807) is 24.5 Å². The Hall–Kier alpha value is -2.70. The Balaban J connectivity index is 1.99. The SMILES string of the molecule is Cn1ccnc1-c1noc(-c2ccc(N)nc2)n1. The van der Waals surface area contributed by atoms with Gasteiger partial charge in [-0.1, -0.05) is 5.16 Å². The van der Waals surface area contributed by atoms with Gasteiger partial charge in [0, 0.05) is 25.6 Å². The average molecular weight is 242 g/mol. The molecule has 2 N–H and O–H groups in total. The number of nitrogen functional groups attached to an aromatic ring is 1. The third-order valence-corrected chi connectivity index (χ3v) is 2.48. The Labute approximate surface area is 102 Å². The summed E-state index contributed by atoms with van der Waals surface area (Å²) in [6.07, 6.45) is 5.08. The predicted octanol–water partition coefficient (Wildman–Crippen LogP) is 1.11. The predicted molar refractivity (Wildman–Crippen MR) is 64.1 cm³/mol. The first kappa shape index (κ1) is 10.5. The minimum Gasteiger partial charge on any atom is -0.384 e. The summed E-state index contributed by atoms with van der Waals surface area (Å²) in [6.45, 7) is 0. The maximum atomic E-state index is 5.52. The average Bonchev–Trinajstić information content (AvgIpc) is 2.98. The normalized spacial score (nSPS) is 10.7. The second kappa shape index (κ2) is 3.95. The molecule has 0 spiro atoms. The number of pyridine rings is 1. The molecule has 18 heavy (non-hydrogen) atoms. The Morgan fingerprint density at radius 3 is 2.83 bits per heavy atom. The van der Waals surface area contributed by atoms with Gasteiger partial charge in [0.2, 0.25) is 5.82 Å². The van der Waals surface area contributed by atoms with E-state index in [1.807, 2.05) is 17.8 Å². The van der Waals surface area contributed by atoms with Crippen LogP contribution >= 0.6 is 0 Å². The minimum absolute atomic E-state index is 0.389. The van der Waals surface area contributed by atoms with E-state index in [1.165, 1.54) is 0 Å². The molecule has 0 saturated carbocycles. The van der Waals surface area contributed by atoms with Crippen molar-refractivity contribution < 1.29 is 4.52 Å². The zero-order valence-electron chi connectivity index (χ0n) is 9.61. The molecule has 0 aliphatic heterocycles. The highest BCUT2D eigenvalue weighted by Gasteiger charge is 2.13. The molecule has 0 aliphatic carbocycles. The fraction of sp³-hybridized carbons (Fsp3) is 0.0909. The quantitative estimate of drug-likeness (QED) is 0.723. The van der Waals surface area contributed by atoms with Crippen molar-refractivity contribution in [2.45, 2.75) is 0 Å². The fourth-order valence-corrected chi connectivity index (χ4v) is 1.54. The Bertz CT molecular complexity index is 669. The summed E-state index contributed by atoms with van der Waals surface area (Å²) in [5.41, 5.74) is 6.24. The van der Waals surface area contributed by atoms with Crippen molar-refractivity contribution in [3.05, 3.63) is 30.7 Å². The molecule has 0 radical (unpaired) electrons. The summed E-state index contributed by atoms with van der Waals surface area (Å²) in [5, 5.41) is 3.89. The molecule has 3 aromatic heterocycles. The van der Waals surface area contributed by atoms with Crippen molar-refractivity contribution in [3.63, 3.8) is 0 Å². The molecular formula is C11H10N6O. The minimum atomic E-state index is 0.389. The van der Waals surface area contributed by atoms with E-state index in [4.69, 9.17) is 10.3 Å². The Morgan fingerprint density at radius 2 is 2.17 bits per heavy atom. The van der Waals surface area contributed by atoms with Crippen LogP contribution in [0.15, 0.2) is 35.2 Å². The van der Waals surface area contributed by atoms with Crippen molar-refractivity contribution in [1.29, 1.82) is 0 Å². The summed E-state index contributed by atoms with van der Waals surface area (Å²) >= 11 is 0. The van der Waals surface area contributed by atoms with Gasteiger partial charge in [-0.05, 0) is 12.1 Å². The molecular weight excluding hydrogens is 232 g/mol. The first-order chi connectivity index (χ1) is 8.74. The second-order valence-electron chi connectivity index (χ2n) is 3.76. The number of hydrogen-bond donors (Lipinski definition) is 1. The van der Waals surface area contributed by atoms with E-state index >= 15 is 0 Å². The van der Waals surface area contributed by atoms with E-state index in [0.717, 1.165) is 5.56 Å². The van der Waals surface area contributed by atoms with Gasteiger partial charge in [0.25, 0.3) is 5.89 Å². The number of imidazole rings is 1. The van der Waals surface area contributed by atoms with Gasteiger partial charge in [0.1, 0.15) is 5.82 Å². The van der Waals surface area contributed by atoms with Crippen molar-refractivity contribution in [2.75, 3.05) is 5.73 Å². The van der Waals surface area contributed by atoms with Crippen LogP contribution in [0.3, 0.4) is 0 Å². The molecule has 0 aromatic carbocycles. The second-order valence-corrected chi connectivity index (χ2v) is 3.76. The highest BCUT2D eigenvalue weighted by atomic mass is 16.5.